The van der Waals surface area contributed by atoms with Crippen LogP contribution in [-0.4, -0.2) is 52.6 Å². The Labute approximate surface area is 251 Å². The summed E-state index contributed by atoms with van der Waals surface area (Å²) in [5.74, 6) is 0.0997. The number of allylic oxidation sites excluding steroid dienone is 9. The van der Waals surface area contributed by atoms with E-state index in [0.29, 0.717) is 48.3 Å². The average molecular weight is 594 g/mol. The van der Waals surface area contributed by atoms with Crippen LogP contribution >= 0.6 is 11.6 Å². The van der Waals surface area contributed by atoms with Crippen molar-refractivity contribution in [3.8, 4) is 0 Å². The minimum Gasteiger partial charge on any atom is -0.507 e. The normalized spacial score (nSPS) is 15.8. The van der Waals surface area contributed by atoms with Gasteiger partial charge in [-0.05, 0) is 56.2 Å². The van der Waals surface area contributed by atoms with Crippen molar-refractivity contribution in [3.05, 3.63) is 107 Å². The Morgan fingerprint density at radius 2 is 2.00 bits per heavy atom. The zero-order valence-corrected chi connectivity index (χ0v) is 24.9. The van der Waals surface area contributed by atoms with E-state index in [2.05, 4.69) is 37.4 Å². The van der Waals surface area contributed by atoms with Gasteiger partial charge in [-0.1, -0.05) is 50.3 Å². The molecule has 0 aromatic carbocycles. The van der Waals surface area contributed by atoms with Gasteiger partial charge < -0.3 is 20.1 Å². The third-order valence-electron chi connectivity index (χ3n) is 5.89. The van der Waals surface area contributed by atoms with Crippen LogP contribution in [-0.2, 0) is 4.74 Å². The van der Waals surface area contributed by atoms with Gasteiger partial charge in [0.2, 0.25) is 5.95 Å². The molecule has 2 aliphatic rings. The highest BCUT2D eigenvalue weighted by Gasteiger charge is 2.17. The van der Waals surface area contributed by atoms with Crippen molar-refractivity contribution >= 4 is 35.3 Å². The van der Waals surface area contributed by atoms with Crippen LogP contribution in [0.4, 0.5) is 21.8 Å². The smallest absolute Gasteiger partial charge is 0.245 e. The fourth-order valence-electron chi connectivity index (χ4n) is 3.90. The number of aryl methyl sites for hydroxylation is 1. The van der Waals surface area contributed by atoms with Crippen LogP contribution < -0.4 is 15.6 Å². The molecule has 0 spiro atoms. The van der Waals surface area contributed by atoms with Crippen molar-refractivity contribution in [2.75, 3.05) is 41.9 Å². The molecular formula is C31H37ClFN7O2. The second kappa shape index (κ2) is 16.9. The molecule has 1 aliphatic heterocycles. The molecule has 42 heavy (non-hydrogen) atoms. The molecular weight excluding hydrogens is 557 g/mol. The Morgan fingerprint density at radius 1 is 1.19 bits per heavy atom. The number of hydrogen-bond donors (Lipinski definition) is 3. The van der Waals surface area contributed by atoms with Gasteiger partial charge in [0.05, 0.1) is 36.1 Å². The molecule has 2 aromatic heterocycles. The summed E-state index contributed by atoms with van der Waals surface area (Å²) in [6, 6.07) is 3.64. The molecule has 2 aromatic rings. The number of aliphatic hydroxyl groups excluding tert-OH is 1. The number of halogens is 2. The van der Waals surface area contributed by atoms with Gasteiger partial charge in [-0.15, -0.1) is 0 Å². The van der Waals surface area contributed by atoms with Crippen molar-refractivity contribution < 1.29 is 14.2 Å². The summed E-state index contributed by atoms with van der Waals surface area (Å²) in [6.07, 6.45) is 16.7. The summed E-state index contributed by atoms with van der Waals surface area (Å²) in [7, 11) is 0. The first-order chi connectivity index (χ1) is 20.4. The summed E-state index contributed by atoms with van der Waals surface area (Å²) in [5.41, 5.74) is 6.06. The van der Waals surface area contributed by atoms with Crippen molar-refractivity contribution in [3.63, 3.8) is 0 Å². The van der Waals surface area contributed by atoms with Gasteiger partial charge in [-0.3, -0.25) is 0 Å². The molecule has 9 nitrogen and oxygen atoms in total. The predicted octanol–water partition coefficient (Wildman–Crippen LogP) is 6.95. The Kier molecular flexibility index (Phi) is 12.9. The standard InChI is InChI=1S/C29H31ClFN7O2.C2H6/c1-20(17-23(30)10-9-22-7-4-3-5-8-27(22)39)34-26-12-11-24(35-21(26)2)18-33-37-29-32-19-25(31)28(36-29)38-13-6-15-40-16-14-38;1-2/h4-5,7-12,17-19,34,39H,1,3,6,13-16H2,2H3,(H,32,36,37);1-2H3/b10-9+,23-17+,33-18+;. The Hall–Kier alpha value is -4.28. The summed E-state index contributed by atoms with van der Waals surface area (Å²) < 4.78 is 19.8. The van der Waals surface area contributed by atoms with Crippen LogP contribution in [0.1, 0.15) is 38.1 Å². The third-order valence-corrected chi connectivity index (χ3v) is 6.12. The van der Waals surface area contributed by atoms with E-state index in [-0.39, 0.29) is 17.5 Å². The molecule has 222 valence electrons. The summed E-state index contributed by atoms with van der Waals surface area (Å²) in [5, 5.41) is 17.8. The van der Waals surface area contributed by atoms with Gasteiger partial charge in [-0.2, -0.15) is 10.1 Å². The molecule has 1 saturated heterocycles. The SMILES string of the molecule is C=C(/C=C(Cl)\C=C\C1=C(O)C=CCC=C1)Nc1ccc(/C=N/Nc2ncc(F)c(N3CCCOCC3)n2)nc1C.CC. The molecule has 0 amide bonds. The Morgan fingerprint density at radius 3 is 2.81 bits per heavy atom. The van der Waals surface area contributed by atoms with E-state index in [9.17, 15) is 9.50 Å². The zero-order chi connectivity index (χ0) is 30.3. The molecule has 0 saturated carbocycles. The van der Waals surface area contributed by atoms with Crippen LogP contribution in [0.3, 0.4) is 0 Å². The number of anilines is 3. The van der Waals surface area contributed by atoms with Crippen LogP contribution in [0, 0.1) is 12.7 Å². The number of pyridine rings is 1. The fraction of sp³-hybridized carbons (Fsp3) is 0.290. The molecule has 0 atom stereocenters. The van der Waals surface area contributed by atoms with E-state index < -0.39 is 5.82 Å². The quantitative estimate of drug-likeness (QED) is 0.163. The van der Waals surface area contributed by atoms with Crippen molar-refractivity contribution in [1.29, 1.82) is 0 Å². The molecule has 0 radical (unpaired) electrons. The van der Waals surface area contributed by atoms with Crippen LogP contribution in [0.25, 0.3) is 0 Å². The summed E-state index contributed by atoms with van der Waals surface area (Å²) in [6.45, 7) is 12.2. The molecule has 3 heterocycles. The van der Waals surface area contributed by atoms with Crippen molar-refractivity contribution in [2.45, 2.75) is 33.6 Å². The Balaban J connectivity index is 0.00000237. The largest absolute Gasteiger partial charge is 0.507 e. The molecule has 4 rings (SSSR count). The van der Waals surface area contributed by atoms with E-state index in [1.165, 1.54) is 6.21 Å². The van der Waals surface area contributed by atoms with Gasteiger partial charge >= 0.3 is 0 Å². The van der Waals surface area contributed by atoms with Gasteiger partial charge in [0.25, 0.3) is 0 Å². The number of rotatable bonds is 9. The monoisotopic (exact) mass is 593 g/mol. The maximum Gasteiger partial charge on any atom is 0.245 e. The number of hydrogen-bond acceptors (Lipinski definition) is 9. The lowest BCUT2D eigenvalue weighted by Crippen LogP contribution is -2.28. The number of nitrogens with one attached hydrogen (secondary N) is 2. The molecule has 1 fully saturated rings. The average Bonchev–Trinajstić information content (AvgIpc) is 3.38. The lowest BCUT2D eigenvalue weighted by atomic mass is 10.2. The van der Waals surface area contributed by atoms with Gasteiger partial charge in [0, 0.05) is 36.0 Å². The van der Waals surface area contributed by atoms with E-state index in [1.54, 1.807) is 30.4 Å². The fourth-order valence-corrected chi connectivity index (χ4v) is 4.10. The topological polar surface area (TPSA) is 108 Å². The van der Waals surface area contributed by atoms with Gasteiger partial charge in [0.15, 0.2) is 11.6 Å². The van der Waals surface area contributed by atoms with E-state index in [4.69, 9.17) is 16.3 Å². The number of ether oxygens (including phenoxy) is 1. The molecule has 0 unspecified atom stereocenters. The minimum atomic E-state index is -0.489. The second-order valence-corrected chi connectivity index (χ2v) is 9.39. The van der Waals surface area contributed by atoms with Crippen LogP contribution in [0.15, 0.2) is 94.6 Å². The maximum atomic E-state index is 14.3. The Bertz CT molecular complexity index is 1410. The summed E-state index contributed by atoms with van der Waals surface area (Å²) >= 11 is 6.34. The van der Waals surface area contributed by atoms with Gasteiger partial charge in [0.1, 0.15) is 5.76 Å². The molecule has 3 N–H and O–H groups in total. The third kappa shape index (κ3) is 9.97. The van der Waals surface area contributed by atoms with Gasteiger partial charge in [-0.25, -0.2) is 19.8 Å². The lowest BCUT2D eigenvalue weighted by Gasteiger charge is -2.21. The number of hydrazone groups is 1. The maximum absolute atomic E-state index is 14.3. The number of nitrogens with zero attached hydrogens (tertiary/aromatic N) is 5. The van der Waals surface area contributed by atoms with Crippen molar-refractivity contribution in [1.82, 2.24) is 15.0 Å². The number of aliphatic hydroxyl groups is 1. The molecule has 0 bridgehead atoms. The first-order valence-electron chi connectivity index (χ1n) is 13.8. The lowest BCUT2D eigenvalue weighted by molar-refractivity contribution is 0.152. The molecule has 11 heteroatoms. The number of aromatic nitrogens is 3. The van der Waals surface area contributed by atoms with Crippen LogP contribution in [0.5, 0.6) is 0 Å². The first kappa shape index (κ1) is 32.2. The summed E-state index contributed by atoms with van der Waals surface area (Å²) in [4.78, 5) is 14.6. The first-order valence-corrected chi connectivity index (χ1v) is 14.2. The highest BCUT2D eigenvalue weighted by molar-refractivity contribution is 6.31. The molecule has 1 aliphatic carbocycles. The highest BCUT2D eigenvalue weighted by Crippen LogP contribution is 2.20. The highest BCUT2D eigenvalue weighted by atomic mass is 35.5. The van der Waals surface area contributed by atoms with E-state index in [0.717, 1.165) is 30.4 Å². The predicted molar refractivity (Wildman–Crippen MR) is 170 cm³/mol. The second-order valence-electron chi connectivity index (χ2n) is 8.95. The van der Waals surface area contributed by atoms with E-state index >= 15 is 0 Å². The van der Waals surface area contributed by atoms with Crippen molar-refractivity contribution in [2.24, 2.45) is 5.10 Å². The van der Waals surface area contributed by atoms with Crippen LogP contribution in [0.2, 0.25) is 0 Å². The zero-order valence-electron chi connectivity index (χ0n) is 24.1. The van der Waals surface area contributed by atoms with E-state index in [1.807, 2.05) is 50.0 Å². The minimum absolute atomic E-state index is 0.180.